The lowest BCUT2D eigenvalue weighted by Gasteiger charge is -1.98. The molecule has 0 spiro atoms. The first-order chi connectivity index (χ1) is 4.81. The Morgan fingerprint density at radius 2 is 1.36 bits per heavy atom. The maximum Gasteiger partial charge on any atom is 0.142 e. The summed E-state index contributed by atoms with van der Waals surface area (Å²) in [7, 11) is 0. The topological polar surface area (TPSA) is 3.01 Å². The van der Waals surface area contributed by atoms with Gasteiger partial charge in [-0.1, -0.05) is 26.7 Å². The minimum absolute atomic E-state index is 0. The third-order valence-corrected chi connectivity index (χ3v) is 1.66. The maximum absolute atomic E-state index is 3.95. The summed E-state index contributed by atoms with van der Waals surface area (Å²) in [6.45, 7) is 10.7. The molecule has 0 aliphatic heterocycles. The van der Waals surface area contributed by atoms with E-state index in [1.54, 1.807) is 0 Å². The van der Waals surface area contributed by atoms with Crippen molar-refractivity contribution >= 4 is 6.72 Å². The van der Waals surface area contributed by atoms with E-state index in [0.29, 0.717) is 0 Å². The summed E-state index contributed by atoms with van der Waals surface area (Å²) in [5.41, 5.74) is 0. The Bertz CT molecular complexity index is 81.6. The van der Waals surface area contributed by atoms with Crippen LogP contribution < -0.4 is 24.0 Å². The van der Waals surface area contributed by atoms with Gasteiger partial charge in [0.05, 0.1) is 0 Å². The molecule has 0 saturated heterocycles. The molecular weight excluding hydrogens is 249 g/mol. The van der Waals surface area contributed by atoms with Crippen LogP contribution in [0.2, 0.25) is 0 Å². The zero-order valence-corrected chi connectivity index (χ0v) is 9.93. The van der Waals surface area contributed by atoms with Gasteiger partial charge in [-0.15, -0.1) is 0 Å². The van der Waals surface area contributed by atoms with Crippen LogP contribution in [0.3, 0.4) is 0 Å². The number of hydrogen-bond donors (Lipinski definition) is 0. The van der Waals surface area contributed by atoms with Gasteiger partial charge in [0.1, 0.15) is 19.8 Å². The highest BCUT2D eigenvalue weighted by Gasteiger charge is 1.96. The van der Waals surface area contributed by atoms with Crippen LogP contribution >= 0.6 is 0 Å². The predicted molar refractivity (Wildman–Crippen MR) is 46.9 cm³/mol. The number of unbranched alkanes of at least 4 members (excludes halogenated alkanes) is 2. The Hall–Kier alpha value is 0.400. The van der Waals surface area contributed by atoms with Gasteiger partial charge in [0.25, 0.3) is 0 Å². The fourth-order valence-electron chi connectivity index (χ4n) is 0.875. The molecule has 0 aliphatic carbocycles. The molecule has 0 bridgehead atoms. The molecule has 0 saturated carbocycles. The van der Waals surface area contributed by atoms with Gasteiger partial charge < -0.3 is 24.0 Å². The molecule has 0 heterocycles. The third-order valence-electron chi connectivity index (χ3n) is 1.66. The fraction of sp³-hybridized carbons (Fsp3) is 0.889. The summed E-state index contributed by atoms with van der Waals surface area (Å²) in [6.07, 6.45) is 5.12. The van der Waals surface area contributed by atoms with Crippen LogP contribution in [0.15, 0.2) is 0 Å². The highest BCUT2D eigenvalue weighted by molar-refractivity contribution is 5.14. The van der Waals surface area contributed by atoms with Gasteiger partial charge in [0.2, 0.25) is 0 Å². The van der Waals surface area contributed by atoms with Crippen molar-refractivity contribution in [2.45, 2.75) is 39.5 Å². The van der Waals surface area contributed by atoms with Crippen molar-refractivity contribution in [2.24, 2.45) is 0 Å². The molecule has 0 unspecified atom stereocenters. The summed E-state index contributed by atoms with van der Waals surface area (Å²) in [5, 5.41) is 0. The first kappa shape index (κ1) is 14.0. The molecule has 0 atom stereocenters. The molecule has 0 aromatic heterocycles. The second kappa shape index (κ2) is 10.4. The summed E-state index contributed by atoms with van der Waals surface area (Å²) in [4.78, 5) is 0. The van der Waals surface area contributed by atoms with Gasteiger partial charge in [-0.2, -0.15) is 0 Å². The standard InChI is InChI=1S/C9H20N.HI/c1-4-6-8-10(3)9-7-5-2;/h3-9H2,1-2H3;1H/q+1;/p-1. The maximum atomic E-state index is 3.95. The SMILES string of the molecule is C=[N+](CCCC)CCCC.[I-]. The monoisotopic (exact) mass is 269 g/mol. The largest absolute Gasteiger partial charge is 1.00 e. The lowest BCUT2D eigenvalue weighted by atomic mass is 10.3. The van der Waals surface area contributed by atoms with E-state index in [0.717, 1.165) is 13.1 Å². The summed E-state index contributed by atoms with van der Waals surface area (Å²) >= 11 is 0. The van der Waals surface area contributed by atoms with E-state index in [1.165, 1.54) is 25.7 Å². The van der Waals surface area contributed by atoms with Crippen molar-refractivity contribution in [1.82, 2.24) is 0 Å². The number of rotatable bonds is 6. The van der Waals surface area contributed by atoms with Crippen molar-refractivity contribution in [3.8, 4) is 0 Å². The first-order valence-corrected chi connectivity index (χ1v) is 4.36. The Kier molecular flexibility index (Phi) is 13.2. The highest BCUT2D eigenvalue weighted by Crippen LogP contribution is 1.90. The van der Waals surface area contributed by atoms with Crippen LogP contribution in [0.25, 0.3) is 0 Å². The molecule has 0 rings (SSSR count). The van der Waals surface area contributed by atoms with E-state index in [1.807, 2.05) is 0 Å². The summed E-state index contributed by atoms with van der Waals surface area (Å²) in [6, 6.07) is 0. The zero-order valence-electron chi connectivity index (χ0n) is 7.77. The van der Waals surface area contributed by atoms with E-state index in [4.69, 9.17) is 0 Å². The van der Waals surface area contributed by atoms with Gasteiger partial charge in [-0.05, 0) is 0 Å². The Morgan fingerprint density at radius 1 is 1.00 bits per heavy atom. The van der Waals surface area contributed by atoms with Gasteiger partial charge >= 0.3 is 0 Å². The van der Waals surface area contributed by atoms with Crippen molar-refractivity contribution in [2.75, 3.05) is 13.1 Å². The van der Waals surface area contributed by atoms with E-state index >= 15 is 0 Å². The van der Waals surface area contributed by atoms with E-state index in [9.17, 15) is 0 Å². The molecule has 68 valence electrons. The summed E-state index contributed by atoms with van der Waals surface area (Å²) in [5.74, 6) is 0. The summed E-state index contributed by atoms with van der Waals surface area (Å²) < 4.78 is 2.17. The lowest BCUT2D eigenvalue weighted by molar-refractivity contribution is -0.520. The zero-order chi connectivity index (χ0) is 7.82. The molecule has 0 amide bonds. The Labute approximate surface area is 87.9 Å². The molecule has 11 heavy (non-hydrogen) atoms. The molecule has 0 radical (unpaired) electrons. The number of nitrogens with zero attached hydrogens (tertiary/aromatic N) is 1. The molecule has 0 aromatic carbocycles. The number of halogens is 1. The smallest absolute Gasteiger partial charge is 0.142 e. The molecule has 0 N–H and O–H groups in total. The van der Waals surface area contributed by atoms with Gasteiger partial charge in [-0.25, -0.2) is 4.58 Å². The van der Waals surface area contributed by atoms with E-state index in [-0.39, 0.29) is 24.0 Å². The van der Waals surface area contributed by atoms with Gasteiger partial charge in [0.15, 0.2) is 0 Å². The molecular formula is C9H20IN. The molecule has 1 nitrogen and oxygen atoms in total. The minimum Gasteiger partial charge on any atom is -1.00 e. The number of hydrogen-bond acceptors (Lipinski definition) is 0. The highest BCUT2D eigenvalue weighted by atomic mass is 127. The molecule has 0 fully saturated rings. The van der Waals surface area contributed by atoms with Gasteiger partial charge in [-0.3, -0.25) is 0 Å². The molecule has 0 aromatic rings. The van der Waals surface area contributed by atoms with Crippen LogP contribution in [-0.2, 0) is 0 Å². The van der Waals surface area contributed by atoms with Crippen molar-refractivity contribution in [3.05, 3.63) is 0 Å². The van der Waals surface area contributed by atoms with Crippen molar-refractivity contribution in [3.63, 3.8) is 0 Å². The second-order valence-electron chi connectivity index (χ2n) is 2.83. The predicted octanol–water partition coefficient (Wildman–Crippen LogP) is -0.696. The van der Waals surface area contributed by atoms with Crippen molar-refractivity contribution in [1.29, 1.82) is 0 Å². The Morgan fingerprint density at radius 3 is 1.64 bits per heavy atom. The van der Waals surface area contributed by atoms with Crippen LogP contribution in [-0.4, -0.2) is 24.4 Å². The molecule has 0 aliphatic rings. The average Bonchev–Trinajstić information content (AvgIpc) is 1.97. The average molecular weight is 269 g/mol. The third kappa shape index (κ3) is 10.4. The quantitative estimate of drug-likeness (QED) is 0.341. The second-order valence-corrected chi connectivity index (χ2v) is 2.83. The van der Waals surface area contributed by atoms with Crippen LogP contribution in [0.4, 0.5) is 0 Å². The Balaban J connectivity index is 0. The lowest BCUT2D eigenvalue weighted by Crippen LogP contribution is -3.00. The fourth-order valence-corrected chi connectivity index (χ4v) is 0.875. The van der Waals surface area contributed by atoms with Crippen LogP contribution in [0.1, 0.15) is 39.5 Å². The van der Waals surface area contributed by atoms with Crippen molar-refractivity contribution < 1.29 is 28.6 Å². The first-order valence-electron chi connectivity index (χ1n) is 4.36. The van der Waals surface area contributed by atoms with E-state index < -0.39 is 0 Å². The van der Waals surface area contributed by atoms with Crippen LogP contribution in [0, 0.1) is 0 Å². The minimum atomic E-state index is 0. The van der Waals surface area contributed by atoms with Crippen LogP contribution in [0.5, 0.6) is 0 Å². The van der Waals surface area contributed by atoms with Gasteiger partial charge in [0, 0.05) is 12.8 Å². The van der Waals surface area contributed by atoms with E-state index in [2.05, 4.69) is 25.1 Å². The normalized spacial score (nSPS) is 8.91. The molecule has 2 heteroatoms.